The van der Waals surface area contributed by atoms with Gasteiger partial charge in [-0.25, -0.2) is 0 Å². The SMILES string of the molecule is CC=Cc1ccc(C)cc1C(=O)[O-].[Cs+]. The smallest absolute Gasteiger partial charge is 0.545 e. The van der Waals surface area contributed by atoms with Crippen LogP contribution in [0.3, 0.4) is 0 Å². The molecule has 0 saturated carbocycles. The number of allylic oxidation sites excluding steroid dienone is 1. The minimum atomic E-state index is -1.13. The second-order valence-electron chi connectivity index (χ2n) is 2.88. The van der Waals surface area contributed by atoms with Crippen LogP contribution in [0.1, 0.15) is 28.4 Å². The molecule has 1 aromatic rings. The molecule has 0 fully saturated rings. The van der Waals surface area contributed by atoms with E-state index >= 15 is 0 Å². The summed E-state index contributed by atoms with van der Waals surface area (Å²) in [6.07, 6.45) is 3.56. The summed E-state index contributed by atoms with van der Waals surface area (Å²) in [5.74, 6) is -1.13. The van der Waals surface area contributed by atoms with Crippen molar-refractivity contribution in [2.75, 3.05) is 0 Å². The number of rotatable bonds is 2. The van der Waals surface area contributed by atoms with E-state index in [1.165, 1.54) is 0 Å². The minimum absolute atomic E-state index is 0. The van der Waals surface area contributed by atoms with Crippen LogP contribution in [-0.2, 0) is 0 Å². The van der Waals surface area contributed by atoms with Gasteiger partial charge in [0.15, 0.2) is 0 Å². The van der Waals surface area contributed by atoms with Crippen LogP contribution in [0.4, 0.5) is 0 Å². The third kappa shape index (κ3) is 3.92. The van der Waals surface area contributed by atoms with Gasteiger partial charge in [0.1, 0.15) is 0 Å². The van der Waals surface area contributed by atoms with Gasteiger partial charge in [0.25, 0.3) is 0 Å². The third-order valence-corrected chi connectivity index (χ3v) is 1.77. The van der Waals surface area contributed by atoms with Crippen molar-refractivity contribution in [2.24, 2.45) is 0 Å². The molecule has 1 rings (SSSR count). The monoisotopic (exact) mass is 308 g/mol. The van der Waals surface area contributed by atoms with Gasteiger partial charge in [-0.3, -0.25) is 0 Å². The molecular formula is C11H11CsO2. The molecule has 0 radical (unpaired) electrons. The molecule has 14 heavy (non-hydrogen) atoms. The average Bonchev–Trinajstić information content (AvgIpc) is 2.08. The molecule has 0 saturated heterocycles. The Hall–Kier alpha value is 0.482. The van der Waals surface area contributed by atoms with Gasteiger partial charge in [-0.05, 0) is 25.5 Å². The van der Waals surface area contributed by atoms with Crippen molar-refractivity contribution in [1.29, 1.82) is 0 Å². The van der Waals surface area contributed by atoms with Crippen molar-refractivity contribution < 1.29 is 78.8 Å². The molecule has 0 aliphatic carbocycles. The van der Waals surface area contributed by atoms with Crippen molar-refractivity contribution >= 4 is 12.0 Å². The molecule has 3 heteroatoms. The molecule has 0 unspecified atom stereocenters. The van der Waals surface area contributed by atoms with E-state index in [9.17, 15) is 9.90 Å². The minimum Gasteiger partial charge on any atom is -0.545 e. The van der Waals surface area contributed by atoms with Crippen LogP contribution in [-0.4, -0.2) is 5.97 Å². The summed E-state index contributed by atoms with van der Waals surface area (Å²) < 4.78 is 0. The maximum Gasteiger partial charge on any atom is 1.00 e. The summed E-state index contributed by atoms with van der Waals surface area (Å²) in [5.41, 5.74) is 1.86. The quantitative estimate of drug-likeness (QED) is 0.660. The predicted molar refractivity (Wildman–Crippen MR) is 50.2 cm³/mol. The number of aryl methyl sites for hydroxylation is 1. The number of carboxylic acid groups (broad SMARTS) is 1. The molecule has 0 aliphatic heterocycles. The Labute approximate surface area is 143 Å². The van der Waals surface area contributed by atoms with Gasteiger partial charge >= 0.3 is 68.9 Å². The molecule has 0 atom stereocenters. The number of hydrogen-bond acceptors (Lipinski definition) is 2. The first kappa shape index (κ1) is 14.5. The molecule has 0 aromatic heterocycles. The van der Waals surface area contributed by atoms with Crippen LogP contribution >= 0.6 is 0 Å². The summed E-state index contributed by atoms with van der Waals surface area (Å²) in [6, 6.07) is 5.27. The number of carboxylic acids is 1. The van der Waals surface area contributed by atoms with Crippen LogP contribution in [0.5, 0.6) is 0 Å². The summed E-state index contributed by atoms with van der Waals surface area (Å²) >= 11 is 0. The van der Waals surface area contributed by atoms with E-state index in [4.69, 9.17) is 0 Å². The predicted octanol–water partition coefficient (Wildman–Crippen LogP) is -1.60. The number of carbonyl (C=O) groups excluding carboxylic acids is 1. The molecule has 2 nitrogen and oxygen atoms in total. The van der Waals surface area contributed by atoms with E-state index in [0.717, 1.165) is 5.56 Å². The first-order chi connectivity index (χ1) is 6.15. The molecule has 0 spiro atoms. The molecule has 0 aliphatic rings. The van der Waals surface area contributed by atoms with E-state index in [1.54, 1.807) is 24.3 Å². The van der Waals surface area contributed by atoms with Gasteiger partial charge in [-0.1, -0.05) is 29.8 Å². The van der Waals surface area contributed by atoms with Crippen molar-refractivity contribution in [3.8, 4) is 0 Å². The fourth-order valence-corrected chi connectivity index (χ4v) is 1.17. The van der Waals surface area contributed by atoms with Crippen LogP contribution in [0.25, 0.3) is 6.08 Å². The number of aromatic carboxylic acids is 1. The number of benzene rings is 1. The topological polar surface area (TPSA) is 40.1 Å². The van der Waals surface area contributed by atoms with E-state index < -0.39 is 5.97 Å². The maximum absolute atomic E-state index is 10.7. The van der Waals surface area contributed by atoms with Crippen molar-refractivity contribution in [3.05, 3.63) is 41.0 Å². The molecule has 0 heterocycles. The standard InChI is InChI=1S/C11H12O2.Cs/c1-3-4-9-6-5-8(2)7-10(9)11(12)13;/h3-7H,1-2H3,(H,12,13);/q;+1/p-1. The van der Waals surface area contributed by atoms with Gasteiger partial charge < -0.3 is 9.90 Å². The Morgan fingerprint density at radius 2 is 2.07 bits per heavy atom. The fourth-order valence-electron chi connectivity index (χ4n) is 1.17. The van der Waals surface area contributed by atoms with Gasteiger partial charge in [-0.2, -0.15) is 0 Å². The summed E-state index contributed by atoms with van der Waals surface area (Å²) in [5, 5.41) is 10.7. The van der Waals surface area contributed by atoms with E-state index in [0.29, 0.717) is 5.56 Å². The zero-order valence-electron chi connectivity index (χ0n) is 8.70. The van der Waals surface area contributed by atoms with Crippen molar-refractivity contribution in [1.82, 2.24) is 0 Å². The second-order valence-corrected chi connectivity index (χ2v) is 2.88. The summed E-state index contributed by atoms with van der Waals surface area (Å²) in [6.45, 7) is 3.70. The molecule has 0 bridgehead atoms. The summed E-state index contributed by atoms with van der Waals surface area (Å²) in [4.78, 5) is 10.7. The van der Waals surface area contributed by atoms with Crippen LogP contribution < -0.4 is 74.0 Å². The van der Waals surface area contributed by atoms with E-state index in [2.05, 4.69) is 0 Å². The molecule has 1 aromatic carbocycles. The third-order valence-electron chi connectivity index (χ3n) is 1.77. The summed E-state index contributed by atoms with van der Waals surface area (Å²) in [7, 11) is 0. The Kier molecular flexibility index (Phi) is 7.11. The van der Waals surface area contributed by atoms with Crippen LogP contribution in [0.2, 0.25) is 0 Å². The zero-order valence-corrected chi connectivity index (χ0v) is 15.0. The van der Waals surface area contributed by atoms with Crippen LogP contribution in [0, 0.1) is 6.92 Å². The van der Waals surface area contributed by atoms with E-state index in [-0.39, 0.29) is 74.5 Å². The molecule has 68 valence electrons. The average molecular weight is 308 g/mol. The van der Waals surface area contributed by atoms with Gasteiger partial charge in [0.05, 0.1) is 5.97 Å². The Morgan fingerprint density at radius 3 is 2.57 bits per heavy atom. The molecule has 0 amide bonds. The second kappa shape index (κ2) is 6.87. The van der Waals surface area contributed by atoms with E-state index in [1.807, 2.05) is 19.9 Å². The number of carbonyl (C=O) groups is 1. The Balaban J connectivity index is 0.00000169. The largest absolute Gasteiger partial charge is 1.00 e. The first-order valence-electron chi connectivity index (χ1n) is 4.10. The Bertz CT molecular complexity index is 356. The van der Waals surface area contributed by atoms with Gasteiger partial charge in [0.2, 0.25) is 0 Å². The zero-order chi connectivity index (χ0) is 9.84. The Morgan fingerprint density at radius 1 is 1.43 bits per heavy atom. The van der Waals surface area contributed by atoms with Gasteiger partial charge in [-0.15, -0.1) is 0 Å². The van der Waals surface area contributed by atoms with Crippen molar-refractivity contribution in [2.45, 2.75) is 13.8 Å². The molecule has 0 N–H and O–H groups in total. The van der Waals surface area contributed by atoms with Crippen LogP contribution in [0.15, 0.2) is 24.3 Å². The maximum atomic E-state index is 10.7. The first-order valence-corrected chi connectivity index (χ1v) is 4.10. The molecular weight excluding hydrogens is 297 g/mol. The fraction of sp³-hybridized carbons (Fsp3) is 0.182. The van der Waals surface area contributed by atoms with Gasteiger partial charge in [0, 0.05) is 5.56 Å². The normalized spacial score (nSPS) is 9.86. The van der Waals surface area contributed by atoms with Crippen molar-refractivity contribution in [3.63, 3.8) is 0 Å². The number of hydrogen-bond donors (Lipinski definition) is 0.